The third kappa shape index (κ3) is 5.64. The molecule has 0 saturated carbocycles. The highest BCUT2D eigenvalue weighted by molar-refractivity contribution is 6.32. The summed E-state index contributed by atoms with van der Waals surface area (Å²) in [6.45, 7) is 2.13. The summed E-state index contributed by atoms with van der Waals surface area (Å²) in [6, 6.07) is 14.7. The first-order valence-electron chi connectivity index (χ1n) is 10.4. The smallest absolute Gasteiger partial charge is 0.363 e. The molecule has 3 aromatic rings. The van der Waals surface area contributed by atoms with Crippen LogP contribution >= 0.6 is 11.6 Å². The average molecular weight is 497 g/mol. The second kappa shape index (κ2) is 10.4. The quantitative estimate of drug-likeness (QED) is 0.171. The van der Waals surface area contributed by atoms with Crippen LogP contribution in [0.5, 0.6) is 11.5 Å². The van der Waals surface area contributed by atoms with E-state index in [2.05, 4.69) is 4.99 Å². The zero-order valence-electron chi connectivity index (χ0n) is 18.4. The van der Waals surface area contributed by atoms with Gasteiger partial charge in [0, 0.05) is 17.7 Å². The molecule has 178 valence electrons. The van der Waals surface area contributed by atoms with Crippen LogP contribution in [0.3, 0.4) is 0 Å². The summed E-state index contributed by atoms with van der Waals surface area (Å²) in [5.41, 5.74) is 1.54. The van der Waals surface area contributed by atoms with Crippen molar-refractivity contribution in [3.8, 4) is 11.5 Å². The predicted octanol–water partition coefficient (Wildman–Crippen LogP) is 5.71. The Morgan fingerprint density at radius 1 is 1.14 bits per heavy atom. The fraction of sp³-hybridized carbons (Fsp3) is 0.120. The summed E-state index contributed by atoms with van der Waals surface area (Å²) in [7, 11) is 0. The van der Waals surface area contributed by atoms with E-state index in [1.807, 2.05) is 0 Å². The molecule has 0 saturated heterocycles. The monoisotopic (exact) mass is 496 g/mol. The van der Waals surface area contributed by atoms with Crippen LogP contribution in [0.25, 0.3) is 6.08 Å². The second-order valence-electron chi connectivity index (χ2n) is 7.32. The van der Waals surface area contributed by atoms with Gasteiger partial charge in [-0.05, 0) is 60.5 Å². The van der Waals surface area contributed by atoms with Gasteiger partial charge in [0.15, 0.2) is 17.2 Å². The first-order chi connectivity index (χ1) is 16.8. The molecule has 3 aromatic carbocycles. The molecule has 0 radical (unpaired) electrons. The number of nitro groups is 1. The van der Waals surface area contributed by atoms with Crippen LogP contribution in [0.2, 0.25) is 5.02 Å². The number of cyclic esters (lactones) is 1. The van der Waals surface area contributed by atoms with Crippen molar-refractivity contribution in [2.24, 2.45) is 4.99 Å². The van der Waals surface area contributed by atoms with Crippen molar-refractivity contribution >= 4 is 35.2 Å². The molecule has 4 rings (SSSR count). The van der Waals surface area contributed by atoms with Gasteiger partial charge in [0.1, 0.15) is 12.4 Å². The molecule has 0 spiro atoms. The molecule has 8 nitrogen and oxygen atoms in total. The SMILES string of the molecule is CCOc1cc(/C=C2\N=C(c3ccc(F)cc3)OC2=O)cc(Cl)c1OCc1cccc([N+](=O)[O-])c1. The Balaban J connectivity index is 1.59. The lowest BCUT2D eigenvalue weighted by atomic mass is 10.1. The lowest BCUT2D eigenvalue weighted by Gasteiger charge is -2.14. The number of ether oxygens (including phenoxy) is 3. The number of hydrogen-bond acceptors (Lipinski definition) is 7. The van der Waals surface area contributed by atoms with E-state index in [4.69, 9.17) is 25.8 Å². The van der Waals surface area contributed by atoms with Crippen LogP contribution in [0.4, 0.5) is 10.1 Å². The fourth-order valence-electron chi connectivity index (χ4n) is 3.27. The van der Waals surface area contributed by atoms with Gasteiger partial charge in [-0.15, -0.1) is 0 Å². The third-order valence-corrected chi connectivity index (χ3v) is 5.13. The minimum absolute atomic E-state index is 0.0273. The van der Waals surface area contributed by atoms with Crippen LogP contribution in [-0.2, 0) is 16.1 Å². The van der Waals surface area contributed by atoms with E-state index in [-0.39, 0.29) is 34.7 Å². The van der Waals surface area contributed by atoms with Crippen LogP contribution in [0.1, 0.15) is 23.6 Å². The highest BCUT2D eigenvalue weighted by Crippen LogP contribution is 2.38. The number of benzene rings is 3. The summed E-state index contributed by atoms with van der Waals surface area (Å²) in [6.07, 6.45) is 1.48. The number of hydrogen-bond donors (Lipinski definition) is 0. The van der Waals surface area contributed by atoms with Gasteiger partial charge in [-0.2, -0.15) is 0 Å². The van der Waals surface area contributed by atoms with Crippen molar-refractivity contribution in [1.82, 2.24) is 0 Å². The van der Waals surface area contributed by atoms with E-state index in [1.54, 1.807) is 31.2 Å². The molecule has 0 bridgehead atoms. The standard InChI is InChI=1S/C25H18ClFN2O6/c1-2-33-22-13-16(12-21-25(30)35-24(28-21)17-6-8-18(27)9-7-17)11-20(26)23(22)34-14-15-4-3-5-19(10-15)29(31)32/h3-13H,2,14H2,1H3/b21-12-. The number of esters is 1. The number of nitrogens with zero attached hydrogens (tertiary/aromatic N) is 2. The molecule has 10 heteroatoms. The van der Waals surface area contributed by atoms with E-state index in [0.29, 0.717) is 29.0 Å². The molecule has 0 fully saturated rings. The molecule has 35 heavy (non-hydrogen) atoms. The van der Waals surface area contributed by atoms with Gasteiger partial charge >= 0.3 is 5.97 Å². The van der Waals surface area contributed by atoms with Gasteiger partial charge < -0.3 is 14.2 Å². The Bertz CT molecular complexity index is 1350. The largest absolute Gasteiger partial charge is 0.490 e. The minimum Gasteiger partial charge on any atom is -0.490 e. The molecule has 1 aliphatic heterocycles. The molecule has 0 amide bonds. The first kappa shape index (κ1) is 23.9. The molecule has 1 aliphatic rings. The van der Waals surface area contributed by atoms with E-state index >= 15 is 0 Å². The Labute approximate surface area is 204 Å². The number of carbonyl (C=O) groups excluding carboxylic acids is 1. The van der Waals surface area contributed by atoms with Crippen molar-refractivity contribution in [2.45, 2.75) is 13.5 Å². The van der Waals surface area contributed by atoms with Crippen LogP contribution in [0.15, 0.2) is 71.4 Å². The third-order valence-electron chi connectivity index (χ3n) is 4.85. The van der Waals surface area contributed by atoms with Crippen molar-refractivity contribution in [3.63, 3.8) is 0 Å². The normalized spacial score (nSPS) is 14.0. The van der Waals surface area contributed by atoms with Gasteiger partial charge in [-0.25, -0.2) is 14.2 Å². The summed E-state index contributed by atoms with van der Waals surface area (Å²) >= 11 is 6.45. The molecule has 0 unspecified atom stereocenters. The van der Waals surface area contributed by atoms with Gasteiger partial charge in [0.2, 0.25) is 5.90 Å². The van der Waals surface area contributed by atoms with E-state index in [9.17, 15) is 19.3 Å². The van der Waals surface area contributed by atoms with Crippen molar-refractivity contribution < 1.29 is 28.3 Å². The van der Waals surface area contributed by atoms with E-state index < -0.39 is 16.7 Å². The number of nitro benzene ring substituents is 1. The summed E-state index contributed by atoms with van der Waals surface area (Å²) < 4.78 is 29.9. The molecule has 1 heterocycles. The molecular formula is C25H18ClFN2O6. The summed E-state index contributed by atoms with van der Waals surface area (Å²) in [5, 5.41) is 11.2. The van der Waals surface area contributed by atoms with Gasteiger partial charge in [0.05, 0.1) is 16.6 Å². The van der Waals surface area contributed by atoms with Gasteiger partial charge in [-0.1, -0.05) is 23.7 Å². The van der Waals surface area contributed by atoms with E-state index in [1.165, 1.54) is 42.5 Å². The maximum absolute atomic E-state index is 13.2. The van der Waals surface area contributed by atoms with Gasteiger partial charge in [0.25, 0.3) is 5.69 Å². The number of non-ortho nitro benzene ring substituents is 1. The van der Waals surface area contributed by atoms with Crippen LogP contribution < -0.4 is 9.47 Å². The maximum Gasteiger partial charge on any atom is 0.363 e. The number of halogens is 2. The van der Waals surface area contributed by atoms with Crippen molar-refractivity contribution in [3.05, 3.63) is 104 Å². The Morgan fingerprint density at radius 2 is 1.91 bits per heavy atom. The molecule has 0 atom stereocenters. The molecular weight excluding hydrogens is 479 g/mol. The van der Waals surface area contributed by atoms with E-state index in [0.717, 1.165) is 0 Å². The lowest BCUT2D eigenvalue weighted by Crippen LogP contribution is -2.05. The topological polar surface area (TPSA) is 100 Å². The number of aliphatic imine (C=N–C) groups is 1. The second-order valence-corrected chi connectivity index (χ2v) is 7.73. The zero-order chi connectivity index (χ0) is 24.9. The zero-order valence-corrected chi connectivity index (χ0v) is 19.1. The number of carbonyl (C=O) groups is 1. The highest BCUT2D eigenvalue weighted by atomic mass is 35.5. The Morgan fingerprint density at radius 3 is 2.63 bits per heavy atom. The van der Waals surface area contributed by atoms with Crippen LogP contribution in [0, 0.1) is 15.9 Å². The predicted molar refractivity (Wildman–Crippen MR) is 127 cm³/mol. The van der Waals surface area contributed by atoms with Crippen molar-refractivity contribution in [1.29, 1.82) is 0 Å². The van der Waals surface area contributed by atoms with Crippen LogP contribution in [-0.4, -0.2) is 23.4 Å². The molecule has 0 aliphatic carbocycles. The first-order valence-corrected chi connectivity index (χ1v) is 10.8. The Hall–Kier alpha value is -4.24. The van der Waals surface area contributed by atoms with Crippen molar-refractivity contribution in [2.75, 3.05) is 6.61 Å². The number of rotatable bonds is 8. The highest BCUT2D eigenvalue weighted by Gasteiger charge is 2.24. The summed E-state index contributed by atoms with van der Waals surface area (Å²) in [4.78, 5) is 27.0. The minimum atomic E-state index is -0.663. The maximum atomic E-state index is 13.2. The average Bonchev–Trinajstić information content (AvgIpc) is 3.19. The Kier molecular flexibility index (Phi) is 7.07. The fourth-order valence-corrected chi connectivity index (χ4v) is 3.55. The lowest BCUT2D eigenvalue weighted by molar-refractivity contribution is -0.384. The van der Waals surface area contributed by atoms with Gasteiger partial charge in [-0.3, -0.25) is 10.1 Å². The molecule has 0 N–H and O–H groups in total. The molecule has 0 aromatic heterocycles. The summed E-state index contributed by atoms with van der Waals surface area (Å²) in [5.74, 6) is -0.433.